The maximum absolute atomic E-state index is 12.7. The molecule has 3 N–H and O–H groups in total. The minimum atomic E-state index is -0.493. The number of nitrogens with zero attached hydrogens (tertiary/aromatic N) is 1. The van der Waals surface area contributed by atoms with Crippen LogP contribution in [-0.4, -0.2) is 49.2 Å². The summed E-state index contributed by atoms with van der Waals surface area (Å²) < 4.78 is 5.42. The van der Waals surface area contributed by atoms with Crippen LogP contribution in [-0.2, 0) is 11.3 Å². The van der Waals surface area contributed by atoms with Gasteiger partial charge in [0.2, 0.25) is 0 Å². The summed E-state index contributed by atoms with van der Waals surface area (Å²) in [4.78, 5) is 25.0. The largest absolute Gasteiger partial charge is 0.444 e. The number of rotatable bonds is 21. The molecule has 1 atom stereocenters. The van der Waals surface area contributed by atoms with E-state index < -0.39 is 6.09 Å². The molecule has 1 aliphatic rings. The SMILES string of the molecule is CCCCCCCCCCCCCCCCCCNC(=O)c1ccccc1COC(=O)NN1CCNCC1C. The standard InChI is InChI=1S/C32H56N4O3/c1-3-4-5-6-7-8-9-10-11-12-13-14-15-16-17-20-23-34-31(37)30-22-19-18-21-29(30)27-39-32(38)35-36-25-24-33-26-28(36)2/h18-19,21-22,28,33H,3-17,20,23-27H2,1-2H3,(H,34,37)(H,35,38). The van der Waals surface area contributed by atoms with Crippen LogP contribution in [0.25, 0.3) is 0 Å². The quantitative estimate of drug-likeness (QED) is 0.144. The van der Waals surface area contributed by atoms with Gasteiger partial charge in [0.05, 0.1) is 0 Å². The number of ether oxygens (including phenoxy) is 1. The highest BCUT2D eigenvalue weighted by Gasteiger charge is 2.20. The van der Waals surface area contributed by atoms with Gasteiger partial charge in [0, 0.05) is 43.3 Å². The first-order valence-corrected chi connectivity index (χ1v) is 15.9. The van der Waals surface area contributed by atoms with Crippen molar-refractivity contribution in [1.29, 1.82) is 0 Å². The van der Waals surface area contributed by atoms with E-state index >= 15 is 0 Å². The highest BCUT2D eigenvalue weighted by Crippen LogP contribution is 2.14. The summed E-state index contributed by atoms with van der Waals surface area (Å²) in [6, 6.07) is 7.54. The van der Waals surface area contributed by atoms with Crippen LogP contribution < -0.4 is 16.1 Å². The van der Waals surface area contributed by atoms with Crippen molar-refractivity contribution in [3.8, 4) is 0 Å². The van der Waals surface area contributed by atoms with Crippen molar-refractivity contribution >= 4 is 12.0 Å². The molecule has 39 heavy (non-hydrogen) atoms. The predicted octanol–water partition coefficient (Wildman–Crippen LogP) is 7.11. The molecule has 1 aromatic carbocycles. The van der Waals surface area contributed by atoms with E-state index in [-0.39, 0.29) is 18.6 Å². The molecular weight excluding hydrogens is 488 g/mol. The Balaban J connectivity index is 1.48. The maximum atomic E-state index is 12.7. The van der Waals surface area contributed by atoms with Crippen molar-refractivity contribution < 1.29 is 14.3 Å². The molecule has 1 heterocycles. The third-order valence-corrected chi connectivity index (χ3v) is 7.67. The van der Waals surface area contributed by atoms with Crippen LogP contribution in [0.5, 0.6) is 0 Å². The minimum Gasteiger partial charge on any atom is -0.444 e. The van der Waals surface area contributed by atoms with Crippen molar-refractivity contribution in [2.24, 2.45) is 0 Å². The Morgan fingerprint density at radius 2 is 1.44 bits per heavy atom. The van der Waals surface area contributed by atoms with E-state index in [1.54, 1.807) is 6.07 Å². The van der Waals surface area contributed by atoms with Crippen LogP contribution in [0.1, 0.15) is 133 Å². The molecule has 7 heteroatoms. The van der Waals surface area contributed by atoms with E-state index in [1.165, 1.54) is 89.9 Å². The van der Waals surface area contributed by atoms with Crippen LogP contribution in [0.3, 0.4) is 0 Å². The summed E-state index contributed by atoms with van der Waals surface area (Å²) in [6.45, 7) is 7.44. The summed E-state index contributed by atoms with van der Waals surface area (Å²) in [6.07, 6.45) is 20.9. The Hall–Kier alpha value is -2.12. The smallest absolute Gasteiger partial charge is 0.422 e. The molecule has 1 aliphatic heterocycles. The van der Waals surface area contributed by atoms with Gasteiger partial charge in [-0.1, -0.05) is 121 Å². The molecule has 1 unspecified atom stereocenters. The summed E-state index contributed by atoms with van der Waals surface area (Å²) in [5, 5.41) is 8.21. The molecule has 0 aromatic heterocycles. The molecule has 1 aromatic rings. The summed E-state index contributed by atoms with van der Waals surface area (Å²) >= 11 is 0. The fourth-order valence-corrected chi connectivity index (χ4v) is 5.14. The van der Waals surface area contributed by atoms with Crippen LogP contribution in [0.15, 0.2) is 24.3 Å². The minimum absolute atomic E-state index is 0.0644. The third-order valence-electron chi connectivity index (χ3n) is 7.67. The molecule has 0 aliphatic carbocycles. The Morgan fingerprint density at radius 3 is 2.03 bits per heavy atom. The Bertz CT molecular complexity index is 788. The zero-order valence-electron chi connectivity index (χ0n) is 24.9. The first-order valence-electron chi connectivity index (χ1n) is 15.9. The van der Waals surface area contributed by atoms with Crippen molar-refractivity contribution in [3.63, 3.8) is 0 Å². The zero-order valence-corrected chi connectivity index (χ0v) is 24.9. The van der Waals surface area contributed by atoms with Crippen molar-refractivity contribution in [3.05, 3.63) is 35.4 Å². The fraction of sp³-hybridized carbons (Fsp3) is 0.750. The zero-order chi connectivity index (χ0) is 28.0. The van der Waals surface area contributed by atoms with Gasteiger partial charge in [0.25, 0.3) is 5.91 Å². The van der Waals surface area contributed by atoms with E-state index in [1.807, 2.05) is 30.1 Å². The van der Waals surface area contributed by atoms with Crippen molar-refractivity contribution in [2.75, 3.05) is 26.2 Å². The lowest BCUT2D eigenvalue weighted by atomic mass is 10.0. The highest BCUT2D eigenvalue weighted by atomic mass is 16.6. The number of hydrazine groups is 1. The first-order chi connectivity index (χ1) is 19.1. The second-order valence-electron chi connectivity index (χ2n) is 11.2. The van der Waals surface area contributed by atoms with E-state index in [2.05, 4.69) is 23.0 Å². The highest BCUT2D eigenvalue weighted by molar-refractivity contribution is 5.95. The number of amides is 2. The average molecular weight is 545 g/mol. The van der Waals surface area contributed by atoms with E-state index in [0.717, 1.165) is 32.5 Å². The lowest BCUT2D eigenvalue weighted by Crippen LogP contribution is -2.57. The number of unbranched alkanes of at least 4 members (excludes halogenated alkanes) is 15. The summed E-state index contributed by atoms with van der Waals surface area (Å²) in [5.41, 5.74) is 4.09. The summed E-state index contributed by atoms with van der Waals surface area (Å²) in [7, 11) is 0. The molecule has 0 bridgehead atoms. The number of carbonyl (C=O) groups excluding carboxylic acids is 2. The van der Waals surface area contributed by atoms with Gasteiger partial charge in [0.1, 0.15) is 6.61 Å². The molecule has 0 radical (unpaired) electrons. The molecule has 2 amide bonds. The van der Waals surface area contributed by atoms with Gasteiger partial charge in [-0.3, -0.25) is 10.2 Å². The van der Waals surface area contributed by atoms with Gasteiger partial charge >= 0.3 is 6.09 Å². The monoisotopic (exact) mass is 544 g/mol. The molecular formula is C32H56N4O3. The molecule has 1 fully saturated rings. The molecule has 2 rings (SSSR count). The van der Waals surface area contributed by atoms with Gasteiger partial charge in [-0.25, -0.2) is 9.80 Å². The normalized spacial score (nSPS) is 15.7. The van der Waals surface area contributed by atoms with Gasteiger partial charge in [-0.05, 0) is 19.4 Å². The number of carbonyl (C=O) groups is 2. The average Bonchev–Trinajstić information content (AvgIpc) is 2.95. The van der Waals surface area contributed by atoms with Gasteiger partial charge < -0.3 is 15.4 Å². The Morgan fingerprint density at radius 1 is 0.872 bits per heavy atom. The lowest BCUT2D eigenvalue weighted by Gasteiger charge is -2.33. The summed E-state index contributed by atoms with van der Waals surface area (Å²) in [5.74, 6) is -0.105. The molecule has 7 nitrogen and oxygen atoms in total. The van der Waals surface area contributed by atoms with E-state index in [0.29, 0.717) is 17.7 Å². The predicted molar refractivity (Wildman–Crippen MR) is 161 cm³/mol. The number of benzene rings is 1. The van der Waals surface area contributed by atoms with Gasteiger partial charge in [-0.15, -0.1) is 0 Å². The number of hydrogen-bond donors (Lipinski definition) is 3. The van der Waals surface area contributed by atoms with Crippen LogP contribution in [0.2, 0.25) is 0 Å². The number of hydrogen-bond acceptors (Lipinski definition) is 5. The lowest BCUT2D eigenvalue weighted by molar-refractivity contribution is 0.0710. The van der Waals surface area contributed by atoms with E-state index in [9.17, 15) is 9.59 Å². The molecule has 0 saturated carbocycles. The molecule has 0 spiro atoms. The first kappa shape index (κ1) is 33.1. The van der Waals surface area contributed by atoms with Crippen LogP contribution in [0, 0.1) is 0 Å². The Labute approximate surface area is 238 Å². The van der Waals surface area contributed by atoms with Crippen LogP contribution in [0.4, 0.5) is 4.79 Å². The third kappa shape index (κ3) is 15.3. The second-order valence-corrected chi connectivity index (χ2v) is 11.2. The second kappa shape index (κ2) is 21.7. The molecule has 1 saturated heterocycles. The topological polar surface area (TPSA) is 82.7 Å². The van der Waals surface area contributed by atoms with Crippen molar-refractivity contribution in [2.45, 2.75) is 129 Å². The Kier molecular flexibility index (Phi) is 18.4. The number of piperazine rings is 1. The number of nitrogens with one attached hydrogen (secondary N) is 3. The van der Waals surface area contributed by atoms with Crippen LogP contribution >= 0.6 is 0 Å². The van der Waals surface area contributed by atoms with Crippen molar-refractivity contribution in [1.82, 2.24) is 21.1 Å². The molecule has 222 valence electrons. The maximum Gasteiger partial charge on any atom is 0.422 e. The van der Waals surface area contributed by atoms with Gasteiger partial charge in [0.15, 0.2) is 0 Å². The van der Waals surface area contributed by atoms with Gasteiger partial charge in [-0.2, -0.15) is 0 Å². The fourth-order valence-electron chi connectivity index (χ4n) is 5.14. The van der Waals surface area contributed by atoms with E-state index in [4.69, 9.17) is 4.74 Å².